The quantitative estimate of drug-likeness (QED) is 0.754. The van der Waals surface area contributed by atoms with Crippen molar-refractivity contribution in [3.8, 4) is 0 Å². The van der Waals surface area contributed by atoms with E-state index in [1.54, 1.807) is 0 Å². The molecule has 2 aliphatic rings. The lowest BCUT2D eigenvalue weighted by atomic mass is 10.1. The zero-order valence-electron chi connectivity index (χ0n) is 14.5. The van der Waals surface area contributed by atoms with Crippen LogP contribution >= 0.6 is 0 Å². The van der Waals surface area contributed by atoms with Crippen LogP contribution in [0.1, 0.15) is 25.7 Å². The minimum atomic E-state index is -0.0189. The third kappa shape index (κ3) is 5.13. The molecule has 3 rings (SSSR count). The molecule has 2 amide bonds. The average molecular weight is 330 g/mol. The summed E-state index contributed by atoms with van der Waals surface area (Å²) in [7, 11) is 0. The Morgan fingerprint density at radius 3 is 2.67 bits per heavy atom. The lowest BCUT2D eigenvalue weighted by molar-refractivity contribution is 0.238. The number of likely N-dealkylation sites (tertiary alicyclic amines) is 1. The van der Waals surface area contributed by atoms with E-state index in [1.807, 2.05) is 6.07 Å². The van der Waals surface area contributed by atoms with E-state index in [2.05, 4.69) is 44.7 Å². The van der Waals surface area contributed by atoms with Gasteiger partial charge in [0.05, 0.1) is 0 Å². The van der Waals surface area contributed by atoms with Crippen molar-refractivity contribution in [2.45, 2.75) is 25.7 Å². The van der Waals surface area contributed by atoms with Gasteiger partial charge in [-0.25, -0.2) is 4.79 Å². The van der Waals surface area contributed by atoms with Gasteiger partial charge >= 0.3 is 6.03 Å². The van der Waals surface area contributed by atoms with Gasteiger partial charge in [-0.15, -0.1) is 0 Å². The van der Waals surface area contributed by atoms with Crippen LogP contribution in [0.4, 0.5) is 10.5 Å². The highest BCUT2D eigenvalue weighted by molar-refractivity contribution is 5.73. The summed E-state index contributed by atoms with van der Waals surface area (Å²) < 4.78 is 0. The first-order valence-electron chi connectivity index (χ1n) is 9.35. The molecule has 5 heteroatoms. The van der Waals surface area contributed by atoms with Crippen molar-refractivity contribution < 1.29 is 4.79 Å². The maximum atomic E-state index is 11.9. The number of hydrogen-bond acceptors (Lipinski definition) is 3. The summed E-state index contributed by atoms with van der Waals surface area (Å²) >= 11 is 0. The Labute approximate surface area is 145 Å². The number of nitrogens with zero attached hydrogens (tertiary/aromatic N) is 2. The zero-order valence-corrected chi connectivity index (χ0v) is 14.5. The van der Waals surface area contributed by atoms with Crippen molar-refractivity contribution in [3.05, 3.63) is 30.3 Å². The van der Waals surface area contributed by atoms with Gasteiger partial charge in [-0.3, -0.25) is 0 Å². The Hall–Kier alpha value is -1.75. The summed E-state index contributed by atoms with van der Waals surface area (Å²) in [5, 5.41) is 6.02. The van der Waals surface area contributed by atoms with Crippen LogP contribution < -0.4 is 15.5 Å². The van der Waals surface area contributed by atoms with Crippen molar-refractivity contribution in [1.82, 2.24) is 15.5 Å². The fourth-order valence-electron chi connectivity index (χ4n) is 3.68. The monoisotopic (exact) mass is 330 g/mol. The molecule has 24 heavy (non-hydrogen) atoms. The molecule has 2 aliphatic heterocycles. The predicted molar refractivity (Wildman–Crippen MR) is 98.5 cm³/mol. The lowest BCUT2D eigenvalue weighted by Crippen LogP contribution is -2.39. The fourth-order valence-corrected chi connectivity index (χ4v) is 3.68. The third-order valence-electron chi connectivity index (χ3n) is 5.09. The highest BCUT2D eigenvalue weighted by Gasteiger charge is 2.22. The van der Waals surface area contributed by atoms with Gasteiger partial charge in [0.2, 0.25) is 0 Å². The van der Waals surface area contributed by atoms with E-state index in [-0.39, 0.29) is 6.03 Å². The van der Waals surface area contributed by atoms with E-state index in [9.17, 15) is 4.79 Å². The standard InChI is InChI=1S/C19H30N4O/c24-19(20-10-6-13-22-11-4-5-12-22)21-15-17-9-14-23(16-17)18-7-2-1-3-8-18/h1-3,7-8,17H,4-6,9-16H2,(H2,20,21,24)/t17-/m1/s1. The van der Waals surface area contributed by atoms with Gasteiger partial charge in [0.1, 0.15) is 0 Å². The van der Waals surface area contributed by atoms with E-state index >= 15 is 0 Å². The minimum Gasteiger partial charge on any atom is -0.371 e. The number of nitrogens with one attached hydrogen (secondary N) is 2. The van der Waals surface area contributed by atoms with Crippen LogP contribution in [0.3, 0.4) is 0 Å². The average Bonchev–Trinajstić information content (AvgIpc) is 3.29. The normalized spacial score (nSPS) is 21.2. The molecule has 2 heterocycles. The minimum absolute atomic E-state index is 0.0189. The number of benzene rings is 1. The summed E-state index contributed by atoms with van der Waals surface area (Å²) in [6.45, 7) is 7.20. The number of hydrogen-bond donors (Lipinski definition) is 2. The molecule has 0 aromatic heterocycles. The number of anilines is 1. The topological polar surface area (TPSA) is 47.6 Å². The van der Waals surface area contributed by atoms with Crippen molar-refractivity contribution in [2.75, 3.05) is 50.7 Å². The third-order valence-corrected chi connectivity index (χ3v) is 5.09. The second-order valence-corrected chi connectivity index (χ2v) is 6.98. The molecule has 1 aromatic carbocycles. The van der Waals surface area contributed by atoms with Gasteiger partial charge in [0.25, 0.3) is 0 Å². The van der Waals surface area contributed by atoms with Crippen molar-refractivity contribution in [2.24, 2.45) is 5.92 Å². The highest BCUT2D eigenvalue weighted by atomic mass is 16.2. The van der Waals surface area contributed by atoms with E-state index in [1.165, 1.54) is 31.6 Å². The van der Waals surface area contributed by atoms with Crippen LogP contribution in [0, 0.1) is 5.92 Å². The van der Waals surface area contributed by atoms with Crippen LogP contribution in [0.2, 0.25) is 0 Å². The predicted octanol–water partition coefficient (Wildman–Crippen LogP) is 2.30. The lowest BCUT2D eigenvalue weighted by Gasteiger charge is -2.19. The first kappa shape index (κ1) is 17.1. The maximum absolute atomic E-state index is 11.9. The molecule has 1 aromatic rings. The van der Waals surface area contributed by atoms with E-state index in [0.717, 1.165) is 45.6 Å². The molecule has 2 N–H and O–H groups in total. The first-order chi connectivity index (χ1) is 11.8. The molecule has 132 valence electrons. The van der Waals surface area contributed by atoms with Gasteiger partial charge in [0, 0.05) is 31.9 Å². The number of amides is 2. The molecule has 2 fully saturated rings. The summed E-state index contributed by atoms with van der Waals surface area (Å²) in [5.41, 5.74) is 1.28. The summed E-state index contributed by atoms with van der Waals surface area (Å²) in [5.74, 6) is 0.542. The second kappa shape index (κ2) is 8.92. The number of carbonyl (C=O) groups excluding carboxylic acids is 1. The molecule has 0 saturated carbocycles. The molecule has 1 atom stereocenters. The van der Waals surface area contributed by atoms with Crippen LogP contribution in [0.25, 0.3) is 0 Å². The Morgan fingerprint density at radius 1 is 1.08 bits per heavy atom. The Kier molecular flexibility index (Phi) is 6.35. The van der Waals surface area contributed by atoms with Crippen LogP contribution in [0.5, 0.6) is 0 Å². The van der Waals surface area contributed by atoms with Crippen molar-refractivity contribution in [3.63, 3.8) is 0 Å². The van der Waals surface area contributed by atoms with Gasteiger partial charge in [0.15, 0.2) is 0 Å². The van der Waals surface area contributed by atoms with E-state index in [4.69, 9.17) is 0 Å². The largest absolute Gasteiger partial charge is 0.371 e. The Morgan fingerprint density at radius 2 is 1.88 bits per heavy atom. The number of para-hydroxylation sites is 1. The highest BCUT2D eigenvalue weighted by Crippen LogP contribution is 2.22. The van der Waals surface area contributed by atoms with Crippen LogP contribution in [-0.4, -0.2) is 56.7 Å². The van der Waals surface area contributed by atoms with Gasteiger partial charge in [-0.2, -0.15) is 0 Å². The Bertz CT molecular complexity index is 501. The van der Waals surface area contributed by atoms with E-state index < -0.39 is 0 Å². The fraction of sp³-hybridized carbons (Fsp3) is 0.632. The number of urea groups is 1. The SMILES string of the molecule is O=C(NCCCN1CCCC1)NC[C@H]1CCN(c2ccccc2)C1. The van der Waals surface area contributed by atoms with Crippen LogP contribution in [-0.2, 0) is 0 Å². The molecular weight excluding hydrogens is 300 g/mol. The van der Waals surface area contributed by atoms with E-state index in [0.29, 0.717) is 5.92 Å². The van der Waals surface area contributed by atoms with Gasteiger partial charge in [-0.05, 0) is 63.4 Å². The first-order valence-corrected chi connectivity index (χ1v) is 9.35. The molecule has 0 aliphatic carbocycles. The van der Waals surface area contributed by atoms with Crippen molar-refractivity contribution in [1.29, 1.82) is 0 Å². The Balaban J connectivity index is 1.26. The summed E-state index contributed by atoms with van der Waals surface area (Å²) in [4.78, 5) is 16.8. The molecule has 2 saturated heterocycles. The smallest absolute Gasteiger partial charge is 0.314 e. The van der Waals surface area contributed by atoms with Gasteiger partial charge < -0.3 is 20.4 Å². The second-order valence-electron chi connectivity index (χ2n) is 6.98. The number of rotatable bonds is 7. The summed E-state index contributed by atoms with van der Waals surface area (Å²) in [6.07, 6.45) is 4.84. The molecule has 0 unspecified atom stereocenters. The molecular formula is C19H30N4O. The zero-order chi connectivity index (χ0) is 16.6. The number of carbonyl (C=O) groups is 1. The molecule has 0 radical (unpaired) electrons. The van der Waals surface area contributed by atoms with Gasteiger partial charge in [-0.1, -0.05) is 18.2 Å². The maximum Gasteiger partial charge on any atom is 0.314 e. The van der Waals surface area contributed by atoms with Crippen LogP contribution in [0.15, 0.2) is 30.3 Å². The van der Waals surface area contributed by atoms with Crippen molar-refractivity contribution >= 4 is 11.7 Å². The molecule has 0 spiro atoms. The summed E-state index contributed by atoms with van der Waals surface area (Å²) in [6, 6.07) is 10.5. The molecule has 5 nitrogen and oxygen atoms in total. The molecule has 0 bridgehead atoms.